The summed E-state index contributed by atoms with van der Waals surface area (Å²) in [6.45, 7) is 9.28. The normalized spacial score (nSPS) is 33.5. The van der Waals surface area contributed by atoms with E-state index in [2.05, 4.69) is 56.0 Å². The van der Waals surface area contributed by atoms with Gasteiger partial charge in [0.05, 0.1) is 6.10 Å². The van der Waals surface area contributed by atoms with Crippen molar-refractivity contribution < 1.29 is 5.11 Å². The van der Waals surface area contributed by atoms with Gasteiger partial charge in [0.1, 0.15) is 0 Å². The van der Waals surface area contributed by atoms with Crippen LogP contribution in [-0.2, 0) is 0 Å². The number of nitrogens with zero attached hydrogens (tertiary/aromatic N) is 1. The molecule has 1 aliphatic heterocycles. The molecule has 134 valence electrons. The highest BCUT2D eigenvalue weighted by molar-refractivity contribution is 5.21. The van der Waals surface area contributed by atoms with E-state index >= 15 is 0 Å². The molecule has 2 heteroatoms. The van der Waals surface area contributed by atoms with E-state index in [9.17, 15) is 5.11 Å². The predicted octanol–water partition coefficient (Wildman–Crippen LogP) is 4.89. The summed E-state index contributed by atoms with van der Waals surface area (Å²) in [7, 11) is 0. The summed E-state index contributed by atoms with van der Waals surface area (Å²) in [5.74, 6) is 1.95. The third-order valence-corrected chi connectivity index (χ3v) is 6.59. The van der Waals surface area contributed by atoms with Crippen molar-refractivity contribution in [1.82, 2.24) is 4.90 Å². The van der Waals surface area contributed by atoms with Crippen LogP contribution in [0.4, 0.5) is 0 Å². The van der Waals surface area contributed by atoms with Crippen molar-refractivity contribution in [3.05, 3.63) is 35.9 Å². The number of likely N-dealkylation sites (tertiary alicyclic amines) is 1. The molecule has 3 rings (SSSR count). The number of hydrogen-bond donors (Lipinski definition) is 1. The smallest absolute Gasteiger partial charge is 0.0619 e. The molecule has 2 nitrogen and oxygen atoms in total. The molecule has 0 spiro atoms. The van der Waals surface area contributed by atoms with Gasteiger partial charge < -0.3 is 5.11 Å². The van der Waals surface area contributed by atoms with Gasteiger partial charge in [0.2, 0.25) is 0 Å². The maximum absolute atomic E-state index is 11.3. The lowest BCUT2D eigenvalue weighted by molar-refractivity contribution is -0.0697. The van der Waals surface area contributed by atoms with E-state index in [-0.39, 0.29) is 6.10 Å². The van der Waals surface area contributed by atoms with E-state index in [1.807, 2.05) is 0 Å². The number of aliphatic hydroxyl groups excluding tert-OH is 1. The first kappa shape index (κ1) is 17.9. The van der Waals surface area contributed by atoms with Crippen LogP contribution in [0.2, 0.25) is 0 Å². The quantitative estimate of drug-likeness (QED) is 0.850. The summed E-state index contributed by atoms with van der Waals surface area (Å²) in [4.78, 5) is 2.67. The maximum atomic E-state index is 11.3. The zero-order valence-corrected chi connectivity index (χ0v) is 15.7. The van der Waals surface area contributed by atoms with E-state index in [4.69, 9.17) is 0 Å². The Labute approximate surface area is 148 Å². The zero-order valence-electron chi connectivity index (χ0n) is 15.7. The maximum Gasteiger partial charge on any atom is 0.0619 e. The van der Waals surface area contributed by atoms with Gasteiger partial charge in [-0.05, 0) is 62.1 Å². The summed E-state index contributed by atoms with van der Waals surface area (Å²) >= 11 is 0. The van der Waals surface area contributed by atoms with Gasteiger partial charge in [-0.2, -0.15) is 0 Å². The first-order valence-corrected chi connectivity index (χ1v) is 10.1. The summed E-state index contributed by atoms with van der Waals surface area (Å²) in [6.07, 6.45) is 6.21. The van der Waals surface area contributed by atoms with Gasteiger partial charge in [0.15, 0.2) is 0 Å². The molecule has 1 heterocycles. The summed E-state index contributed by atoms with van der Waals surface area (Å²) < 4.78 is 0. The highest BCUT2D eigenvalue weighted by atomic mass is 16.3. The second-order valence-corrected chi connectivity index (χ2v) is 8.48. The van der Waals surface area contributed by atoms with Gasteiger partial charge in [-0.1, -0.05) is 57.5 Å². The Hall–Kier alpha value is -0.860. The molecule has 2 fully saturated rings. The average Bonchev–Trinajstić information content (AvgIpc) is 2.59. The summed E-state index contributed by atoms with van der Waals surface area (Å²) in [6, 6.07) is 11.3. The van der Waals surface area contributed by atoms with Crippen LogP contribution in [0.5, 0.6) is 0 Å². The number of aliphatic hydroxyl groups is 1. The summed E-state index contributed by atoms with van der Waals surface area (Å²) in [5.41, 5.74) is 1.40. The van der Waals surface area contributed by atoms with Crippen LogP contribution in [0, 0.1) is 23.7 Å². The fraction of sp³-hybridized carbons (Fsp3) is 0.727. The SMILES string of the molecule is CC(C)[C@@H]1CC[C@@H](C)C(C(c2ccccc2)N2CCCCC2)C1O. The monoisotopic (exact) mass is 329 g/mol. The molecule has 24 heavy (non-hydrogen) atoms. The molecule has 1 aromatic carbocycles. The van der Waals surface area contributed by atoms with Crippen LogP contribution in [0.25, 0.3) is 0 Å². The summed E-state index contributed by atoms with van der Waals surface area (Å²) in [5, 5.41) is 11.3. The average molecular weight is 330 g/mol. The van der Waals surface area contributed by atoms with E-state index in [0.29, 0.717) is 29.7 Å². The van der Waals surface area contributed by atoms with Crippen LogP contribution < -0.4 is 0 Å². The minimum absolute atomic E-state index is 0.180. The lowest BCUT2D eigenvalue weighted by Gasteiger charge is -2.49. The first-order valence-electron chi connectivity index (χ1n) is 10.1. The molecule has 5 atom stereocenters. The third-order valence-electron chi connectivity index (χ3n) is 6.59. The van der Waals surface area contributed by atoms with Gasteiger partial charge in [0.25, 0.3) is 0 Å². The van der Waals surface area contributed by atoms with Crippen molar-refractivity contribution in [3.8, 4) is 0 Å². The molecule has 0 radical (unpaired) electrons. The van der Waals surface area contributed by atoms with E-state index in [0.717, 1.165) is 0 Å². The standard InChI is InChI=1S/C22H35NO/c1-16(2)19-13-12-17(3)20(22(19)24)21(18-10-6-4-7-11-18)23-14-8-5-9-15-23/h4,6-7,10-11,16-17,19-22,24H,5,8-9,12-15H2,1-3H3/t17-,19+,20?,21?,22?/m1/s1. The third kappa shape index (κ3) is 3.70. The minimum Gasteiger partial charge on any atom is -0.392 e. The largest absolute Gasteiger partial charge is 0.392 e. The highest BCUT2D eigenvalue weighted by Crippen LogP contribution is 2.46. The fourth-order valence-electron chi connectivity index (χ4n) is 5.19. The first-order chi connectivity index (χ1) is 11.6. The molecular formula is C22H35NO. The van der Waals surface area contributed by atoms with E-state index in [1.54, 1.807) is 0 Å². The predicted molar refractivity (Wildman–Crippen MR) is 101 cm³/mol. The molecule has 0 aromatic heterocycles. The molecule has 1 aliphatic carbocycles. The second kappa shape index (κ2) is 8.01. The molecule has 2 aliphatic rings. The topological polar surface area (TPSA) is 23.5 Å². The van der Waals surface area contributed by atoms with Crippen molar-refractivity contribution in [2.75, 3.05) is 13.1 Å². The van der Waals surface area contributed by atoms with Crippen LogP contribution >= 0.6 is 0 Å². The van der Waals surface area contributed by atoms with Crippen molar-refractivity contribution in [2.45, 2.75) is 65.0 Å². The molecule has 3 unspecified atom stereocenters. The highest BCUT2D eigenvalue weighted by Gasteiger charge is 2.44. The molecule has 1 aromatic rings. The van der Waals surface area contributed by atoms with E-state index < -0.39 is 0 Å². The lowest BCUT2D eigenvalue weighted by Crippen LogP contribution is -2.49. The molecule has 1 saturated carbocycles. The Morgan fingerprint density at radius 3 is 2.29 bits per heavy atom. The lowest BCUT2D eigenvalue weighted by atomic mass is 9.65. The number of benzene rings is 1. The van der Waals surface area contributed by atoms with Gasteiger partial charge in [-0.15, -0.1) is 0 Å². The fourth-order valence-corrected chi connectivity index (χ4v) is 5.19. The number of piperidine rings is 1. The van der Waals surface area contributed by atoms with Crippen LogP contribution in [0.15, 0.2) is 30.3 Å². The van der Waals surface area contributed by atoms with Crippen molar-refractivity contribution in [1.29, 1.82) is 0 Å². The Balaban J connectivity index is 1.93. The number of rotatable bonds is 4. The van der Waals surface area contributed by atoms with Gasteiger partial charge in [-0.3, -0.25) is 4.90 Å². The Kier molecular flexibility index (Phi) is 5.99. The van der Waals surface area contributed by atoms with Gasteiger partial charge in [-0.25, -0.2) is 0 Å². The van der Waals surface area contributed by atoms with Crippen molar-refractivity contribution in [3.63, 3.8) is 0 Å². The molecule has 0 bridgehead atoms. The minimum atomic E-state index is -0.180. The van der Waals surface area contributed by atoms with Crippen molar-refractivity contribution in [2.24, 2.45) is 23.7 Å². The van der Waals surface area contributed by atoms with Crippen LogP contribution in [-0.4, -0.2) is 29.2 Å². The Morgan fingerprint density at radius 1 is 1.00 bits per heavy atom. The Bertz CT molecular complexity index is 494. The van der Waals surface area contributed by atoms with E-state index in [1.165, 1.54) is 50.8 Å². The van der Waals surface area contributed by atoms with Crippen LogP contribution in [0.3, 0.4) is 0 Å². The molecular weight excluding hydrogens is 294 g/mol. The van der Waals surface area contributed by atoms with Gasteiger partial charge in [0, 0.05) is 12.0 Å². The molecule has 0 amide bonds. The molecule has 1 saturated heterocycles. The van der Waals surface area contributed by atoms with Gasteiger partial charge >= 0.3 is 0 Å². The van der Waals surface area contributed by atoms with Crippen molar-refractivity contribution >= 4 is 0 Å². The Morgan fingerprint density at radius 2 is 1.67 bits per heavy atom. The zero-order chi connectivity index (χ0) is 17.1. The molecule has 1 N–H and O–H groups in total. The number of hydrogen-bond acceptors (Lipinski definition) is 2. The van der Waals surface area contributed by atoms with Crippen LogP contribution in [0.1, 0.15) is 64.5 Å². The second-order valence-electron chi connectivity index (χ2n) is 8.48.